The second kappa shape index (κ2) is 8.82. The highest BCUT2D eigenvalue weighted by molar-refractivity contribution is 7.10. The fourth-order valence-electron chi connectivity index (χ4n) is 5.54. The van der Waals surface area contributed by atoms with Gasteiger partial charge in [-0.25, -0.2) is 4.98 Å². The third kappa shape index (κ3) is 4.14. The van der Waals surface area contributed by atoms with Gasteiger partial charge in [0.1, 0.15) is 5.01 Å². The Morgan fingerprint density at radius 2 is 1.97 bits per heavy atom. The number of fused-ring (bicyclic) bond motifs is 1. The van der Waals surface area contributed by atoms with Crippen LogP contribution in [0.15, 0.2) is 36.4 Å². The standard InChI is InChI=1S/C26H31N5O2S/c1-18(26-27-7-13-34-26)28-9-11-29(12-10-28)22-16-25(33)31(17-22)21-4-5-23-20(15-21)6-8-30(23)24(32)14-19-2-3-19/h4-5,7,13,15,19,22H,1-3,6,8-12,14,16-17H2. The first-order valence-electron chi connectivity index (χ1n) is 12.4. The van der Waals surface area contributed by atoms with Gasteiger partial charge in [-0.1, -0.05) is 6.58 Å². The highest BCUT2D eigenvalue weighted by Crippen LogP contribution is 2.37. The van der Waals surface area contributed by atoms with E-state index in [1.807, 2.05) is 33.5 Å². The van der Waals surface area contributed by atoms with Gasteiger partial charge in [-0.2, -0.15) is 0 Å². The summed E-state index contributed by atoms with van der Waals surface area (Å²) in [6.07, 6.45) is 6.33. The molecule has 2 amide bonds. The third-order valence-corrected chi connectivity index (χ3v) is 8.55. The summed E-state index contributed by atoms with van der Waals surface area (Å²) in [6.45, 7) is 9.41. The SMILES string of the molecule is C=C(c1nccs1)N1CCN(C2CC(=O)N(c3ccc4c(c3)CCN4C(=O)CC3CC3)C2)CC1. The number of anilines is 2. The molecular weight excluding hydrogens is 446 g/mol. The van der Waals surface area contributed by atoms with Crippen LogP contribution in [0.4, 0.5) is 11.4 Å². The molecule has 178 valence electrons. The molecule has 34 heavy (non-hydrogen) atoms. The molecule has 0 radical (unpaired) electrons. The summed E-state index contributed by atoms with van der Waals surface area (Å²) >= 11 is 1.63. The molecule has 8 heteroatoms. The molecule has 0 N–H and O–H groups in total. The molecule has 6 rings (SSSR count). The van der Waals surface area contributed by atoms with Crippen LogP contribution >= 0.6 is 11.3 Å². The van der Waals surface area contributed by atoms with E-state index in [1.54, 1.807) is 11.3 Å². The van der Waals surface area contributed by atoms with Crippen molar-refractivity contribution in [2.24, 2.45) is 5.92 Å². The Balaban J connectivity index is 1.08. The van der Waals surface area contributed by atoms with Crippen LogP contribution in [0.3, 0.4) is 0 Å². The van der Waals surface area contributed by atoms with Gasteiger partial charge in [0.2, 0.25) is 11.8 Å². The van der Waals surface area contributed by atoms with Crippen molar-refractivity contribution in [3.63, 3.8) is 0 Å². The molecule has 1 aliphatic carbocycles. The predicted molar refractivity (Wildman–Crippen MR) is 135 cm³/mol. The number of thiazole rings is 1. The second-order valence-corrected chi connectivity index (χ2v) is 10.8. The van der Waals surface area contributed by atoms with Gasteiger partial charge in [0, 0.05) is 81.1 Å². The lowest BCUT2D eigenvalue weighted by molar-refractivity contribution is -0.119. The maximum absolute atomic E-state index is 13.0. The molecule has 1 atom stereocenters. The minimum absolute atomic E-state index is 0.194. The lowest BCUT2D eigenvalue weighted by Crippen LogP contribution is -2.50. The number of hydrogen-bond donors (Lipinski definition) is 0. The van der Waals surface area contributed by atoms with Crippen LogP contribution in [0.5, 0.6) is 0 Å². The molecule has 4 heterocycles. The summed E-state index contributed by atoms with van der Waals surface area (Å²) in [5.74, 6) is 1.05. The molecule has 1 aromatic carbocycles. The van der Waals surface area contributed by atoms with Crippen molar-refractivity contribution in [2.45, 2.75) is 38.1 Å². The Morgan fingerprint density at radius 1 is 1.15 bits per heavy atom. The largest absolute Gasteiger partial charge is 0.367 e. The molecule has 1 aromatic heterocycles. The summed E-state index contributed by atoms with van der Waals surface area (Å²) in [7, 11) is 0. The van der Waals surface area contributed by atoms with Gasteiger partial charge in [0.15, 0.2) is 0 Å². The van der Waals surface area contributed by atoms with E-state index in [9.17, 15) is 9.59 Å². The summed E-state index contributed by atoms with van der Waals surface area (Å²) < 4.78 is 0. The molecule has 7 nitrogen and oxygen atoms in total. The summed E-state index contributed by atoms with van der Waals surface area (Å²) in [5.41, 5.74) is 4.20. The monoisotopic (exact) mass is 477 g/mol. The number of rotatable bonds is 6. The number of benzene rings is 1. The van der Waals surface area contributed by atoms with Crippen molar-refractivity contribution < 1.29 is 9.59 Å². The van der Waals surface area contributed by atoms with Crippen molar-refractivity contribution in [2.75, 3.05) is 49.1 Å². The maximum atomic E-state index is 13.0. The zero-order valence-corrected chi connectivity index (χ0v) is 20.3. The maximum Gasteiger partial charge on any atom is 0.228 e. The number of hydrogen-bond acceptors (Lipinski definition) is 6. The zero-order valence-electron chi connectivity index (χ0n) is 19.5. The first kappa shape index (κ1) is 21.8. The van der Waals surface area contributed by atoms with Crippen LogP contribution in [-0.4, -0.2) is 71.9 Å². The average molecular weight is 478 g/mol. The van der Waals surface area contributed by atoms with Crippen LogP contribution in [0, 0.1) is 5.92 Å². The molecule has 0 bridgehead atoms. The van der Waals surface area contributed by atoms with Crippen molar-refractivity contribution in [1.82, 2.24) is 14.8 Å². The number of piperazine rings is 1. The lowest BCUT2D eigenvalue weighted by Gasteiger charge is -2.39. The van der Waals surface area contributed by atoms with Gasteiger partial charge in [-0.15, -0.1) is 11.3 Å². The Kier molecular flexibility index (Phi) is 5.65. The van der Waals surface area contributed by atoms with E-state index in [0.717, 1.165) is 67.8 Å². The van der Waals surface area contributed by atoms with E-state index in [-0.39, 0.29) is 17.9 Å². The molecule has 1 unspecified atom stereocenters. The van der Waals surface area contributed by atoms with E-state index in [0.29, 0.717) is 18.8 Å². The molecule has 1 saturated carbocycles. The van der Waals surface area contributed by atoms with Gasteiger partial charge >= 0.3 is 0 Å². The van der Waals surface area contributed by atoms with Gasteiger partial charge in [-0.05, 0) is 48.9 Å². The van der Waals surface area contributed by atoms with Gasteiger partial charge in [-0.3, -0.25) is 14.5 Å². The quantitative estimate of drug-likeness (QED) is 0.639. The summed E-state index contributed by atoms with van der Waals surface area (Å²) in [6, 6.07) is 6.45. The van der Waals surface area contributed by atoms with Crippen molar-refractivity contribution in [1.29, 1.82) is 0 Å². The molecular formula is C26H31N5O2S. The molecule has 3 aliphatic heterocycles. The van der Waals surface area contributed by atoms with Gasteiger partial charge in [0.25, 0.3) is 0 Å². The zero-order chi connectivity index (χ0) is 23.2. The Bertz CT molecular complexity index is 1100. The summed E-state index contributed by atoms with van der Waals surface area (Å²) in [4.78, 5) is 38.6. The minimum atomic E-state index is 0.194. The van der Waals surface area contributed by atoms with E-state index >= 15 is 0 Å². The highest BCUT2D eigenvalue weighted by atomic mass is 32.1. The number of nitrogens with zero attached hydrogens (tertiary/aromatic N) is 5. The smallest absolute Gasteiger partial charge is 0.228 e. The van der Waals surface area contributed by atoms with E-state index in [4.69, 9.17) is 0 Å². The second-order valence-electron chi connectivity index (χ2n) is 9.93. The van der Waals surface area contributed by atoms with Crippen molar-refractivity contribution in [3.8, 4) is 0 Å². The normalized spacial score (nSPS) is 23.0. The van der Waals surface area contributed by atoms with Crippen LogP contribution < -0.4 is 9.80 Å². The summed E-state index contributed by atoms with van der Waals surface area (Å²) in [5, 5.41) is 2.97. The predicted octanol–water partition coefficient (Wildman–Crippen LogP) is 3.23. The van der Waals surface area contributed by atoms with Crippen LogP contribution in [0.25, 0.3) is 5.70 Å². The molecule has 3 fully saturated rings. The fraction of sp³-hybridized carbons (Fsp3) is 0.500. The number of carbonyl (C=O) groups excluding carboxylic acids is 2. The number of aromatic nitrogens is 1. The molecule has 2 saturated heterocycles. The molecule has 4 aliphatic rings. The van der Waals surface area contributed by atoms with Gasteiger partial charge < -0.3 is 14.7 Å². The molecule has 0 spiro atoms. The van der Waals surface area contributed by atoms with Crippen LogP contribution in [0.1, 0.15) is 36.3 Å². The van der Waals surface area contributed by atoms with E-state index < -0.39 is 0 Å². The van der Waals surface area contributed by atoms with Gasteiger partial charge in [0.05, 0.1) is 5.70 Å². The number of amides is 2. The Hall–Kier alpha value is -2.71. The lowest BCUT2D eigenvalue weighted by atomic mass is 10.1. The van der Waals surface area contributed by atoms with Crippen molar-refractivity contribution in [3.05, 3.63) is 46.9 Å². The van der Waals surface area contributed by atoms with E-state index in [2.05, 4.69) is 27.4 Å². The van der Waals surface area contributed by atoms with Crippen LogP contribution in [-0.2, 0) is 16.0 Å². The van der Waals surface area contributed by atoms with Crippen LogP contribution in [0.2, 0.25) is 0 Å². The highest BCUT2D eigenvalue weighted by Gasteiger charge is 2.37. The first-order valence-corrected chi connectivity index (χ1v) is 13.3. The average Bonchev–Trinajstić information content (AvgIpc) is 3.23. The Morgan fingerprint density at radius 3 is 2.71 bits per heavy atom. The fourth-order valence-corrected chi connectivity index (χ4v) is 6.17. The van der Waals surface area contributed by atoms with Crippen molar-refractivity contribution >= 4 is 40.2 Å². The first-order chi connectivity index (χ1) is 16.6. The minimum Gasteiger partial charge on any atom is -0.367 e. The molecule has 2 aromatic rings. The van der Waals surface area contributed by atoms with E-state index in [1.165, 1.54) is 18.4 Å². The number of carbonyl (C=O) groups is 2. The third-order valence-electron chi connectivity index (χ3n) is 7.73. The topological polar surface area (TPSA) is 60.0 Å². The Labute approximate surface area is 204 Å².